The smallest absolute Gasteiger partial charge is 0.258 e. The molecule has 2 aromatic carbocycles. The molecule has 0 radical (unpaired) electrons. The molecule has 0 aromatic heterocycles. The molecule has 0 unspecified atom stereocenters. The normalized spacial score (nSPS) is 10.2. The number of carbonyl (C=O) groups is 1. The summed E-state index contributed by atoms with van der Waals surface area (Å²) in [6, 6.07) is 12.8. The van der Waals surface area contributed by atoms with Gasteiger partial charge in [0, 0.05) is 16.5 Å². The lowest BCUT2D eigenvalue weighted by molar-refractivity contribution is 0.0977. The number of rotatable bonds is 4. The van der Waals surface area contributed by atoms with E-state index < -0.39 is 0 Å². The Labute approximate surface area is 154 Å². The van der Waals surface area contributed by atoms with Gasteiger partial charge in [-0.1, -0.05) is 35.3 Å². The average molecular weight is 385 g/mol. The molecule has 0 aliphatic heterocycles. The monoisotopic (exact) mass is 384 g/mol. The summed E-state index contributed by atoms with van der Waals surface area (Å²) in [4.78, 5) is 13.3. The number of carbonyl (C=O) groups excluding carboxylic acids is 1. The predicted octanol–water partition coefficient (Wildman–Crippen LogP) is 4.52. The lowest BCUT2D eigenvalue weighted by atomic mass is 10.2. The summed E-state index contributed by atoms with van der Waals surface area (Å²) < 4.78 is 0. The van der Waals surface area contributed by atoms with Crippen LogP contribution in [0.3, 0.4) is 0 Å². The number of halogens is 2. The van der Waals surface area contributed by atoms with E-state index in [1.165, 1.54) is 11.0 Å². The molecule has 0 atom stereocenters. The molecule has 2 rings (SSSR count). The molecular formula is C16H14Cl2N2OS2. The number of nitrogens with one attached hydrogen (secondary N) is 2. The van der Waals surface area contributed by atoms with Crippen LogP contribution in [-0.4, -0.2) is 17.3 Å². The Morgan fingerprint density at radius 1 is 1.17 bits per heavy atom. The minimum Gasteiger partial charge on any atom is -0.358 e. The molecule has 0 heterocycles. The van der Waals surface area contributed by atoms with Crippen LogP contribution in [0.15, 0.2) is 47.4 Å². The summed E-state index contributed by atoms with van der Waals surface area (Å²) in [5, 5.41) is 6.59. The first kappa shape index (κ1) is 18.1. The second-order valence-corrected chi connectivity index (χ2v) is 6.74. The van der Waals surface area contributed by atoms with Crippen LogP contribution in [0.1, 0.15) is 15.9 Å². The summed E-state index contributed by atoms with van der Waals surface area (Å²) in [7, 11) is 0. The number of hydrogen-bond acceptors (Lipinski definition) is 3. The van der Waals surface area contributed by atoms with Crippen LogP contribution in [0.2, 0.25) is 10.0 Å². The summed E-state index contributed by atoms with van der Waals surface area (Å²) >= 11 is 18.6. The third-order valence-corrected chi connectivity index (χ3v) is 4.55. The van der Waals surface area contributed by atoms with Crippen molar-refractivity contribution in [3.05, 3.63) is 63.6 Å². The molecule has 23 heavy (non-hydrogen) atoms. The largest absolute Gasteiger partial charge is 0.358 e. The first-order valence-electron chi connectivity index (χ1n) is 6.67. The SMILES string of the molecule is CSc1ccc(CNC(=S)NC(=O)c2ccc(Cl)cc2Cl)cc1. The Bertz CT molecular complexity index is 721. The Balaban J connectivity index is 1.89. The van der Waals surface area contributed by atoms with E-state index in [0.29, 0.717) is 17.1 Å². The molecule has 0 spiro atoms. The van der Waals surface area contributed by atoms with Crippen molar-refractivity contribution >= 4 is 58.2 Å². The van der Waals surface area contributed by atoms with Gasteiger partial charge in [0.2, 0.25) is 0 Å². The molecule has 2 aromatic rings. The molecule has 0 saturated heterocycles. The van der Waals surface area contributed by atoms with Gasteiger partial charge in [0.25, 0.3) is 5.91 Å². The molecular weight excluding hydrogens is 371 g/mol. The van der Waals surface area contributed by atoms with Gasteiger partial charge in [-0.2, -0.15) is 0 Å². The molecule has 120 valence electrons. The fraction of sp³-hybridized carbons (Fsp3) is 0.125. The van der Waals surface area contributed by atoms with Crippen molar-refractivity contribution in [3.8, 4) is 0 Å². The second kappa shape index (κ2) is 8.55. The van der Waals surface area contributed by atoms with Gasteiger partial charge < -0.3 is 5.32 Å². The van der Waals surface area contributed by atoms with E-state index in [1.54, 1.807) is 23.9 Å². The van der Waals surface area contributed by atoms with Crippen molar-refractivity contribution in [1.82, 2.24) is 10.6 Å². The Morgan fingerprint density at radius 2 is 1.87 bits per heavy atom. The predicted molar refractivity (Wildman–Crippen MR) is 102 cm³/mol. The second-order valence-electron chi connectivity index (χ2n) is 4.61. The number of benzene rings is 2. The van der Waals surface area contributed by atoms with E-state index in [0.717, 1.165) is 5.56 Å². The minimum atomic E-state index is -0.373. The van der Waals surface area contributed by atoms with Gasteiger partial charge in [0.15, 0.2) is 5.11 Å². The molecule has 7 heteroatoms. The molecule has 1 amide bonds. The maximum Gasteiger partial charge on any atom is 0.258 e. The van der Waals surface area contributed by atoms with Crippen LogP contribution >= 0.6 is 47.2 Å². The van der Waals surface area contributed by atoms with Gasteiger partial charge >= 0.3 is 0 Å². The maximum absolute atomic E-state index is 12.1. The first-order chi connectivity index (χ1) is 11.0. The number of amides is 1. The van der Waals surface area contributed by atoms with E-state index in [4.69, 9.17) is 35.4 Å². The molecule has 0 bridgehead atoms. The lowest BCUT2D eigenvalue weighted by Gasteiger charge is -2.11. The summed E-state index contributed by atoms with van der Waals surface area (Å²) in [5.41, 5.74) is 1.40. The molecule has 0 aliphatic rings. The highest BCUT2D eigenvalue weighted by atomic mass is 35.5. The summed E-state index contributed by atoms with van der Waals surface area (Å²) in [6.07, 6.45) is 2.03. The molecule has 2 N–H and O–H groups in total. The number of hydrogen-bond donors (Lipinski definition) is 2. The zero-order valence-electron chi connectivity index (χ0n) is 12.2. The van der Waals surface area contributed by atoms with E-state index >= 15 is 0 Å². The van der Waals surface area contributed by atoms with Gasteiger partial charge in [0.05, 0.1) is 10.6 Å². The first-order valence-corrected chi connectivity index (χ1v) is 9.05. The van der Waals surface area contributed by atoms with Crippen LogP contribution in [0.25, 0.3) is 0 Å². The fourth-order valence-electron chi connectivity index (χ4n) is 1.81. The van der Waals surface area contributed by atoms with Crippen molar-refractivity contribution in [1.29, 1.82) is 0 Å². The standard InChI is InChI=1S/C16H14Cl2N2OS2/c1-23-12-5-2-10(3-6-12)9-19-16(22)20-15(21)13-7-4-11(17)8-14(13)18/h2-8H,9H2,1H3,(H2,19,20,21,22). The van der Waals surface area contributed by atoms with Gasteiger partial charge in [-0.05, 0) is 54.4 Å². The van der Waals surface area contributed by atoms with E-state index in [-0.39, 0.29) is 16.0 Å². The van der Waals surface area contributed by atoms with Gasteiger partial charge in [-0.25, -0.2) is 0 Å². The fourth-order valence-corrected chi connectivity index (χ4v) is 2.88. The quantitative estimate of drug-likeness (QED) is 0.600. The highest BCUT2D eigenvalue weighted by Gasteiger charge is 2.12. The van der Waals surface area contributed by atoms with Crippen molar-refractivity contribution in [2.24, 2.45) is 0 Å². The third-order valence-electron chi connectivity index (χ3n) is 3.01. The Kier molecular flexibility index (Phi) is 6.72. The van der Waals surface area contributed by atoms with Gasteiger partial charge in [0.1, 0.15) is 0 Å². The number of thioether (sulfide) groups is 1. The van der Waals surface area contributed by atoms with Crippen LogP contribution in [0.5, 0.6) is 0 Å². The Morgan fingerprint density at radius 3 is 2.48 bits per heavy atom. The third kappa shape index (κ3) is 5.39. The van der Waals surface area contributed by atoms with Crippen molar-refractivity contribution in [2.75, 3.05) is 6.26 Å². The molecule has 0 saturated carbocycles. The molecule has 0 fully saturated rings. The molecule has 0 aliphatic carbocycles. The van der Waals surface area contributed by atoms with Crippen molar-refractivity contribution < 1.29 is 4.79 Å². The maximum atomic E-state index is 12.1. The topological polar surface area (TPSA) is 41.1 Å². The van der Waals surface area contributed by atoms with Crippen LogP contribution in [0.4, 0.5) is 0 Å². The summed E-state index contributed by atoms with van der Waals surface area (Å²) in [5.74, 6) is -0.373. The molecule has 3 nitrogen and oxygen atoms in total. The van der Waals surface area contributed by atoms with Gasteiger partial charge in [-0.3, -0.25) is 10.1 Å². The minimum absolute atomic E-state index is 0.245. The van der Waals surface area contributed by atoms with Crippen molar-refractivity contribution in [3.63, 3.8) is 0 Å². The summed E-state index contributed by atoms with van der Waals surface area (Å²) in [6.45, 7) is 0.530. The van der Waals surface area contributed by atoms with E-state index in [1.807, 2.05) is 30.5 Å². The van der Waals surface area contributed by atoms with Crippen LogP contribution in [0, 0.1) is 0 Å². The zero-order chi connectivity index (χ0) is 16.8. The zero-order valence-corrected chi connectivity index (χ0v) is 15.4. The highest BCUT2D eigenvalue weighted by molar-refractivity contribution is 7.98. The number of thiocarbonyl (C=S) groups is 1. The van der Waals surface area contributed by atoms with Crippen LogP contribution in [-0.2, 0) is 6.54 Å². The lowest BCUT2D eigenvalue weighted by Crippen LogP contribution is -2.38. The average Bonchev–Trinajstić information content (AvgIpc) is 2.53. The van der Waals surface area contributed by atoms with Crippen LogP contribution < -0.4 is 10.6 Å². The highest BCUT2D eigenvalue weighted by Crippen LogP contribution is 2.20. The van der Waals surface area contributed by atoms with E-state index in [9.17, 15) is 4.79 Å². The van der Waals surface area contributed by atoms with E-state index in [2.05, 4.69) is 10.6 Å². The Hall–Kier alpha value is -1.27. The van der Waals surface area contributed by atoms with Crippen molar-refractivity contribution in [2.45, 2.75) is 11.4 Å². The van der Waals surface area contributed by atoms with Gasteiger partial charge in [-0.15, -0.1) is 11.8 Å².